The van der Waals surface area contributed by atoms with Gasteiger partial charge >= 0.3 is 0 Å². The summed E-state index contributed by atoms with van der Waals surface area (Å²) in [5.41, 5.74) is 2.13. The number of anilines is 1. The van der Waals surface area contributed by atoms with E-state index in [1.807, 2.05) is 65.5 Å². The first-order chi connectivity index (χ1) is 15.2. The second-order valence-electron chi connectivity index (χ2n) is 7.57. The molecule has 2 amide bonds. The minimum Gasteiger partial charge on any atom is -0.476 e. The summed E-state index contributed by atoms with van der Waals surface area (Å²) in [7, 11) is 0. The van der Waals surface area contributed by atoms with Crippen LogP contribution in [0.1, 0.15) is 10.4 Å². The SMILES string of the molecule is O=C([C@H]1CN(C(=O)c2cccc(-n3cccc3)c2)c2ccccc2O1)N1CCOCC1. The van der Waals surface area contributed by atoms with Crippen LogP contribution in [0.15, 0.2) is 73.1 Å². The van der Waals surface area contributed by atoms with Gasteiger partial charge in [0.05, 0.1) is 25.4 Å². The van der Waals surface area contributed by atoms with Crippen LogP contribution in [0.4, 0.5) is 5.69 Å². The molecule has 2 aromatic carbocycles. The number of para-hydroxylation sites is 2. The maximum absolute atomic E-state index is 13.5. The van der Waals surface area contributed by atoms with Crippen molar-refractivity contribution in [3.8, 4) is 11.4 Å². The van der Waals surface area contributed by atoms with Gasteiger partial charge < -0.3 is 23.8 Å². The highest BCUT2D eigenvalue weighted by atomic mass is 16.5. The number of hydrogen-bond donors (Lipinski definition) is 0. The van der Waals surface area contributed by atoms with E-state index >= 15 is 0 Å². The van der Waals surface area contributed by atoms with Gasteiger partial charge in [-0.25, -0.2) is 0 Å². The second kappa shape index (κ2) is 8.28. The van der Waals surface area contributed by atoms with E-state index in [0.717, 1.165) is 5.69 Å². The molecule has 1 fully saturated rings. The Morgan fingerprint density at radius 1 is 0.903 bits per heavy atom. The van der Waals surface area contributed by atoms with Gasteiger partial charge in [0.15, 0.2) is 6.10 Å². The third-order valence-corrected chi connectivity index (χ3v) is 5.61. The number of morpholine rings is 1. The molecule has 0 aliphatic carbocycles. The molecule has 0 N–H and O–H groups in total. The van der Waals surface area contributed by atoms with Gasteiger partial charge in [-0.3, -0.25) is 9.59 Å². The molecule has 0 spiro atoms. The van der Waals surface area contributed by atoms with Crippen LogP contribution in [0.5, 0.6) is 5.75 Å². The number of benzene rings is 2. The summed E-state index contributed by atoms with van der Waals surface area (Å²) in [5, 5.41) is 0. The zero-order valence-corrected chi connectivity index (χ0v) is 17.0. The first-order valence-electron chi connectivity index (χ1n) is 10.4. The number of rotatable bonds is 3. The topological polar surface area (TPSA) is 64.0 Å². The normalized spacial score (nSPS) is 18.3. The molecule has 2 aliphatic rings. The zero-order valence-electron chi connectivity index (χ0n) is 17.0. The molecule has 3 heterocycles. The van der Waals surface area contributed by atoms with Crippen LogP contribution in [0, 0.1) is 0 Å². The average Bonchev–Trinajstić information content (AvgIpc) is 3.38. The molecule has 1 aromatic heterocycles. The van der Waals surface area contributed by atoms with E-state index < -0.39 is 6.10 Å². The second-order valence-corrected chi connectivity index (χ2v) is 7.57. The van der Waals surface area contributed by atoms with Gasteiger partial charge in [-0.15, -0.1) is 0 Å². The molecule has 1 atom stereocenters. The Hall–Kier alpha value is -3.58. The number of carbonyl (C=O) groups is 2. The molecule has 7 heteroatoms. The van der Waals surface area contributed by atoms with Crippen LogP contribution >= 0.6 is 0 Å². The highest BCUT2D eigenvalue weighted by Gasteiger charge is 2.36. The molecular weight excluding hydrogens is 394 g/mol. The van der Waals surface area contributed by atoms with Gasteiger partial charge in [0.1, 0.15) is 5.75 Å². The zero-order chi connectivity index (χ0) is 21.2. The van der Waals surface area contributed by atoms with Crippen LogP contribution in [0.3, 0.4) is 0 Å². The van der Waals surface area contributed by atoms with Gasteiger partial charge in [0.25, 0.3) is 11.8 Å². The Kier molecular flexibility index (Phi) is 5.18. The number of aromatic nitrogens is 1. The lowest BCUT2D eigenvalue weighted by molar-refractivity contribution is -0.142. The van der Waals surface area contributed by atoms with Crippen LogP contribution < -0.4 is 9.64 Å². The number of carbonyl (C=O) groups excluding carboxylic acids is 2. The molecule has 31 heavy (non-hydrogen) atoms. The lowest BCUT2D eigenvalue weighted by Crippen LogP contribution is -2.54. The molecule has 0 bridgehead atoms. The Balaban J connectivity index is 1.45. The number of amides is 2. The van der Waals surface area contributed by atoms with Crippen LogP contribution in [0.2, 0.25) is 0 Å². The van der Waals surface area contributed by atoms with Gasteiger partial charge in [-0.2, -0.15) is 0 Å². The summed E-state index contributed by atoms with van der Waals surface area (Å²) >= 11 is 0. The predicted octanol–water partition coefficient (Wildman–Crippen LogP) is 2.74. The molecule has 0 unspecified atom stereocenters. The molecule has 5 rings (SSSR count). The maximum Gasteiger partial charge on any atom is 0.265 e. The van der Waals surface area contributed by atoms with Gasteiger partial charge in [0, 0.05) is 36.7 Å². The van der Waals surface area contributed by atoms with E-state index in [2.05, 4.69) is 0 Å². The first kappa shape index (κ1) is 19.4. The Morgan fingerprint density at radius 2 is 1.68 bits per heavy atom. The van der Waals surface area contributed by atoms with Crippen molar-refractivity contribution in [1.82, 2.24) is 9.47 Å². The summed E-state index contributed by atoms with van der Waals surface area (Å²) in [6.45, 7) is 2.27. The summed E-state index contributed by atoms with van der Waals surface area (Å²) < 4.78 is 13.3. The van der Waals surface area contributed by atoms with Crippen LogP contribution in [-0.2, 0) is 9.53 Å². The lowest BCUT2D eigenvalue weighted by atomic mass is 10.1. The summed E-state index contributed by atoms with van der Waals surface area (Å²) in [5.74, 6) is 0.261. The minimum atomic E-state index is -0.746. The largest absolute Gasteiger partial charge is 0.476 e. The maximum atomic E-state index is 13.5. The van der Waals surface area contributed by atoms with Crippen molar-refractivity contribution < 1.29 is 19.1 Å². The molecule has 2 aliphatic heterocycles. The summed E-state index contributed by atoms with van der Waals surface area (Å²) in [6.07, 6.45) is 3.12. The average molecular weight is 417 g/mol. The standard InChI is InChI=1S/C24H23N3O4/c28-23(18-6-5-7-19(16-18)25-10-3-4-11-25)27-17-22(24(29)26-12-14-30-15-13-26)31-21-9-2-1-8-20(21)27/h1-11,16,22H,12-15,17H2/t22-/m1/s1. The fourth-order valence-electron chi connectivity index (χ4n) is 4.00. The molecule has 7 nitrogen and oxygen atoms in total. The van der Waals surface area contributed by atoms with Crippen LogP contribution in [0.25, 0.3) is 5.69 Å². The third kappa shape index (κ3) is 3.80. The number of fused-ring (bicyclic) bond motifs is 1. The van der Waals surface area contributed by atoms with E-state index in [1.54, 1.807) is 21.9 Å². The molecule has 3 aromatic rings. The fourth-order valence-corrected chi connectivity index (χ4v) is 4.00. The minimum absolute atomic E-state index is 0.114. The first-order valence-corrected chi connectivity index (χ1v) is 10.4. The van der Waals surface area contributed by atoms with E-state index in [-0.39, 0.29) is 18.4 Å². The Bertz CT molecular complexity index is 1090. The number of hydrogen-bond acceptors (Lipinski definition) is 4. The van der Waals surface area contributed by atoms with E-state index in [0.29, 0.717) is 43.3 Å². The van der Waals surface area contributed by atoms with E-state index in [4.69, 9.17) is 9.47 Å². The number of nitrogens with zero attached hydrogens (tertiary/aromatic N) is 3. The van der Waals surface area contributed by atoms with Crippen molar-refractivity contribution >= 4 is 17.5 Å². The van der Waals surface area contributed by atoms with Crippen molar-refractivity contribution in [2.75, 3.05) is 37.7 Å². The van der Waals surface area contributed by atoms with Crippen molar-refractivity contribution in [2.24, 2.45) is 0 Å². The Labute approximate surface area is 180 Å². The highest BCUT2D eigenvalue weighted by molar-refractivity contribution is 6.08. The summed E-state index contributed by atoms with van der Waals surface area (Å²) in [4.78, 5) is 30.0. The van der Waals surface area contributed by atoms with E-state index in [9.17, 15) is 9.59 Å². The highest BCUT2D eigenvalue weighted by Crippen LogP contribution is 2.34. The molecule has 158 valence electrons. The molecule has 1 saturated heterocycles. The smallest absolute Gasteiger partial charge is 0.265 e. The van der Waals surface area contributed by atoms with Gasteiger partial charge in [0.2, 0.25) is 0 Å². The fraction of sp³-hybridized carbons (Fsp3) is 0.250. The quantitative estimate of drug-likeness (QED) is 0.658. The third-order valence-electron chi connectivity index (χ3n) is 5.61. The lowest BCUT2D eigenvalue weighted by Gasteiger charge is -2.37. The van der Waals surface area contributed by atoms with Crippen molar-refractivity contribution in [2.45, 2.75) is 6.10 Å². The van der Waals surface area contributed by atoms with Crippen LogP contribution in [-0.4, -0.2) is 60.2 Å². The molecule has 0 saturated carbocycles. The van der Waals surface area contributed by atoms with Crippen molar-refractivity contribution in [3.63, 3.8) is 0 Å². The van der Waals surface area contributed by atoms with Crippen molar-refractivity contribution in [3.05, 3.63) is 78.6 Å². The monoisotopic (exact) mass is 417 g/mol. The molecular formula is C24H23N3O4. The Morgan fingerprint density at radius 3 is 2.48 bits per heavy atom. The summed E-state index contributed by atoms with van der Waals surface area (Å²) in [6, 6.07) is 18.7. The number of ether oxygens (including phenoxy) is 2. The van der Waals surface area contributed by atoms with Crippen molar-refractivity contribution in [1.29, 1.82) is 0 Å². The van der Waals surface area contributed by atoms with Gasteiger partial charge in [-0.1, -0.05) is 18.2 Å². The predicted molar refractivity (Wildman–Crippen MR) is 116 cm³/mol. The van der Waals surface area contributed by atoms with E-state index in [1.165, 1.54) is 0 Å². The van der Waals surface area contributed by atoms with Gasteiger partial charge in [-0.05, 0) is 42.5 Å². The molecule has 0 radical (unpaired) electrons.